The highest BCUT2D eigenvalue weighted by atomic mass is 35.5. The van der Waals surface area contributed by atoms with Crippen molar-refractivity contribution in [3.8, 4) is 0 Å². The number of rotatable bonds is 4. The van der Waals surface area contributed by atoms with Gasteiger partial charge >= 0.3 is 0 Å². The molecule has 1 spiro atoms. The molecule has 5 rings (SSSR count). The minimum atomic E-state index is -0.0849. The van der Waals surface area contributed by atoms with Crippen molar-refractivity contribution >= 4 is 28.4 Å². The third kappa shape index (κ3) is 2.95. The standard InChI is InChI=1S/C21H24ClN3O3/c1-12(26)23-8-16-17-10-25(11-21(17)5-4-20(16)28-21)9-14-7-19(27)15-6-13(22)2-3-18(15)24-14/h2-3,6-7,16-17,20H,4-5,8-11H2,1H3,(H,23,26)(H,24,27)/t16-,17+,20+,21+/m0/s1. The van der Waals surface area contributed by atoms with E-state index in [2.05, 4.69) is 15.2 Å². The smallest absolute Gasteiger partial charge is 0.216 e. The molecule has 4 heterocycles. The van der Waals surface area contributed by atoms with Crippen molar-refractivity contribution in [2.45, 2.75) is 38.0 Å². The number of carbonyl (C=O) groups is 1. The maximum atomic E-state index is 12.5. The summed E-state index contributed by atoms with van der Waals surface area (Å²) < 4.78 is 6.42. The molecule has 1 amide bonds. The zero-order chi connectivity index (χ0) is 19.5. The van der Waals surface area contributed by atoms with Crippen LogP contribution in [0.5, 0.6) is 0 Å². The van der Waals surface area contributed by atoms with Gasteiger partial charge in [0.25, 0.3) is 0 Å². The van der Waals surface area contributed by atoms with Gasteiger partial charge in [-0.05, 0) is 31.0 Å². The van der Waals surface area contributed by atoms with Gasteiger partial charge in [0.2, 0.25) is 5.91 Å². The molecule has 3 aliphatic rings. The van der Waals surface area contributed by atoms with E-state index in [9.17, 15) is 9.59 Å². The molecule has 0 unspecified atom stereocenters. The summed E-state index contributed by atoms with van der Waals surface area (Å²) in [6.45, 7) is 4.75. The van der Waals surface area contributed by atoms with Gasteiger partial charge < -0.3 is 15.0 Å². The number of benzene rings is 1. The van der Waals surface area contributed by atoms with E-state index in [1.54, 1.807) is 25.1 Å². The van der Waals surface area contributed by atoms with Gasteiger partial charge in [0.1, 0.15) is 0 Å². The Hall–Kier alpha value is -1.89. The van der Waals surface area contributed by atoms with Crippen molar-refractivity contribution in [1.82, 2.24) is 15.2 Å². The monoisotopic (exact) mass is 401 g/mol. The number of hydrogen-bond acceptors (Lipinski definition) is 4. The zero-order valence-electron chi connectivity index (χ0n) is 15.8. The van der Waals surface area contributed by atoms with Crippen LogP contribution in [0.25, 0.3) is 10.9 Å². The predicted octanol–water partition coefficient (Wildman–Crippen LogP) is 2.30. The lowest BCUT2D eigenvalue weighted by Gasteiger charge is -2.29. The second kappa shape index (κ2) is 6.58. The number of likely N-dealkylation sites (tertiary alicyclic amines) is 1. The summed E-state index contributed by atoms with van der Waals surface area (Å²) in [5, 5.41) is 4.16. The molecule has 7 heteroatoms. The molecular formula is C21H24ClN3O3. The SMILES string of the molecule is CC(=O)NC[C@H]1[C@H]2CN(Cc3cc(=O)c4cc(Cl)ccc4[nH]3)C[C@]23CC[C@H]1O3. The number of aromatic nitrogens is 1. The molecule has 2 bridgehead atoms. The molecule has 148 valence electrons. The van der Waals surface area contributed by atoms with Crippen LogP contribution in [0, 0.1) is 11.8 Å². The maximum Gasteiger partial charge on any atom is 0.216 e. The van der Waals surface area contributed by atoms with Crippen LogP contribution in [0.15, 0.2) is 29.1 Å². The Labute approximate surface area is 168 Å². The van der Waals surface area contributed by atoms with Crippen molar-refractivity contribution in [3.05, 3.63) is 45.2 Å². The van der Waals surface area contributed by atoms with Crippen LogP contribution in [-0.4, -0.2) is 47.1 Å². The van der Waals surface area contributed by atoms with Crippen molar-refractivity contribution < 1.29 is 9.53 Å². The van der Waals surface area contributed by atoms with Gasteiger partial charge in [-0.15, -0.1) is 0 Å². The van der Waals surface area contributed by atoms with E-state index in [4.69, 9.17) is 16.3 Å². The Balaban J connectivity index is 1.35. The number of aromatic amines is 1. The quantitative estimate of drug-likeness (QED) is 0.824. The molecule has 1 aromatic carbocycles. The van der Waals surface area contributed by atoms with Crippen LogP contribution in [0.3, 0.4) is 0 Å². The highest BCUT2D eigenvalue weighted by Gasteiger charge is 2.62. The maximum absolute atomic E-state index is 12.5. The first-order chi connectivity index (χ1) is 13.4. The van der Waals surface area contributed by atoms with Crippen LogP contribution in [0.4, 0.5) is 0 Å². The number of halogens is 1. The van der Waals surface area contributed by atoms with Gasteiger partial charge in [0, 0.05) is 72.6 Å². The second-order valence-electron chi connectivity index (χ2n) is 8.49. The van der Waals surface area contributed by atoms with Gasteiger partial charge in [0.15, 0.2) is 5.43 Å². The number of nitrogens with one attached hydrogen (secondary N) is 2. The van der Waals surface area contributed by atoms with Gasteiger partial charge in [-0.25, -0.2) is 0 Å². The topological polar surface area (TPSA) is 74.4 Å². The molecule has 28 heavy (non-hydrogen) atoms. The Morgan fingerprint density at radius 2 is 2.29 bits per heavy atom. The lowest BCUT2D eigenvalue weighted by Crippen LogP contribution is -2.41. The van der Waals surface area contributed by atoms with Crippen molar-refractivity contribution in [3.63, 3.8) is 0 Å². The molecule has 2 N–H and O–H groups in total. The number of fused-ring (bicyclic) bond motifs is 2. The molecule has 3 fully saturated rings. The Morgan fingerprint density at radius 1 is 1.43 bits per heavy atom. The van der Waals surface area contributed by atoms with Crippen LogP contribution < -0.4 is 10.7 Å². The minimum Gasteiger partial charge on any atom is -0.370 e. The molecule has 3 saturated heterocycles. The number of hydrogen-bond donors (Lipinski definition) is 2. The van der Waals surface area contributed by atoms with Crippen LogP contribution >= 0.6 is 11.6 Å². The Bertz CT molecular complexity index is 1010. The second-order valence-corrected chi connectivity index (χ2v) is 8.92. The molecular weight excluding hydrogens is 378 g/mol. The van der Waals surface area contributed by atoms with E-state index < -0.39 is 0 Å². The summed E-state index contributed by atoms with van der Waals surface area (Å²) in [6.07, 6.45) is 2.42. The summed E-state index contributed by atoms with van der Waals surface area (Å²) >= 11 is 6.02. The fraction of sp³-hybridized carbons (Fsp3) is 0.524. The fourth-order valence-corrected chi connectivity index (χ4v) is 5.71. The fourth-order valence-electron chi connectivity index (χ4n) is 5.54. The molecule has 3 aliphatic heterocycles. The summed E-state index contributed by atoms with van der Waals surface area (Å²) in [6, 6.07) is 7.03. The average Bonchev–Trinajstić information content (AvgIpc) is 3.28. The highest BCUT2D eigenvalue weighted by molar-refractivity contribution is 6.31. The van der Waals surface area contributed by atoms with Crippen LogP contribution in [0.1, 0.15) is 25.5 Å². The van der Waals surface area contributed by atoms with E-state index >= 15 is 0 Å². The van der Waals surface area contributed by atoms with Gasteiger partial charge in [-0.1, -0.05) is 11.6 Å². The van der Waals surface area contributed by atoms with Crippen LogP contribution in [0.2, 0.25) is 5.02 Å². The van der Waals surface area contributed by atoms with E-state index in [-0.39, 0.29) is 23.0 Å². The predicted molar refractivity (Wildman–Crippen MR) is 107 cm³/mol. The summed E-state index contributed by atoms with van der Waals surface area (Å²) in [5.41, 5.74) is 1.62. The number of pyridine rings is 1. The lowest BCUT2D eigenvalue weighted by molar-refractivity contribution is -0.119. The molecule has 0 aliphatic carbocycles. The van der Waals surface area contributed by atoms with Crippen LogP contribution in [-0.2, 0) is 16.1 Å². The molecule has 6 nitrogen and oxygen atoms in total. The summed E-state index contributed by atoms with van der Waals surface area (Å²) in [4.78, 5) is 29.6. The average molecular weight is 402 g/mol. The van der Waals surface area contributed by atoms with Crippen molar-refractivity contribution in [2.24, 2.45) is 11.8 Å². The first-order valence-corrected chi connectivity index (χ1v) is 10.3. The number of H-pyrrole nitrogens is 1. The molecule has 4 atom stereocenters. The minimum absolute atomic E-state index is 0.00970. The van der Waals surface area contributed by atoms with Gasteiger partial charge in [-0.2, -0.15) is 0 Å². The number of carbonyl (C=O) groups excluding carboxylic acids is 1. The largest absolute Gasteiger partial charge is 0.370 e. The Morgan fingerprint density at radius 3 is 3.11 bits per heavy atom. The van der Waals surface area contributed by atoms with Crippen molar-refractivity contribution in [2.75, 3.05) is 19.6 Å². The van der Waals surface area contributed by atoms with Gasteiger partial charge in [0.05, 0.1) is 11.7 Å². The number of ether oxygens (including phenoxy) is 1. The normalized spacial score (nSPS) is 31.4. The highest BCUT2D eigenvalue weighted by Crippen LogP contribution is 2.54. The third-order valence-electron chi connectivity index (χ3n) is 6.68. The van der Waals surface area contributed by atoms with Gasteiger partial charge in [-0.3, -0.25) is 14.5 Å². The zero-order valence-corrected chi connectivity index (χ0v) is 16.6. The molecule has 0 radical (unpaired) electrons. The van der Waals surface area contributed by atoms with E-state index in [0.29, 0.717) is 35.3 Å². The molecule has 0 saturated carbocycles. The first-order valence-electron chi connectivity index (χ1n) is 9.90. The first kappa shape index (κ1) is 18.2. The molecule has 1 aromatic heterocycles. The number of amides is 1. The summed E-state index contributed by atoms with van der Waals surface area (Å²) in [5.74, 6) is 0.824. The van der Waals surface area contributed by atoms with E-state index in [0.717, 1.165) is 37.1 Å². The third-order valence-corrected chi connectivity index (χ3v) is 6.92. The van der Waals surface area contributed by atoms with Crippen molar-refractivity contribution in [1.29, 1.82) is 0 Å². The summed E-state index contributed by atoms with van der Waals surface area (Å²) in [7, 11) is 0. The van der Waals surface area contributed by atoms with E-state index in [1.165, 1.54) is 0 Å². The lowest BCUT2D eigenvalue weighted by atomic mass is 9.73. The Kier molecular flexibility index (Phi) is 4.27. The number of nitrogens with zero attached hydrogens (tertiary/aromatic N) is 1. The van der Waals surface area contributed by atoms with E-state index in [1.807, 2.05) is 6.07 Å². The molecule has 2 aromatic rings.